The van der Waals surface area contributed by atoms with Gasteiger partial charge in [-0.3, -0.25) is 0 Å². The largest absolute Gasteiger partial charge is 0.501 e. The Hall–Kier alpha value is -0.630. The lowest BCUT2D eigenvalue weighted by Crippen LogP contribution is -2.23. The minimum Gasteiger partial charge on any atom is -0.214 e. The first-order chi connectivity index (χ1) is 6.66. The molecule has 15 heavy (non-hydrogen) atoms. The molecule has 0 atom stereocenters. The van der Waals surface area contributed by atoms with Crippen molar-refractivity contribution in [3.8, 4) is 0 Å². The van der Waals surface area contributed by atoms with Gasteiger partial charge < -0.3 is 0 Å². The van der Waals surface area contributed by atoms with Gasteiger partial charge in [0.05, 0.1) is 9.37 Å². The highest BCUT2D eigenvalue weighted by Crippen LogP contribution is 2.31. The third-order valence-electron chi connectivity index (χ3n) is 1.51. The van der Waals surface area contributed by atoms with Gasteiger partial charge in [-0.2, -0.15) is 13.2 Å². The topological polar surface area (TPSA) is 34.1 Å². The Morgan fingerprint density at radius 1 is 1.20 bits per heavy atom. The molecule has 1 rings (SSSR count). The van der Waals surface area contributed by atoms with Gasteiger partial charge in [0.25, 0.3) is 9.84 Å². The minimum atomic E-state index is -5.48. The van der Waals surface area contributed by atoms with Crippen molar-refractivity contribution in [3.63, 3.8) is 0 Å². The molecule has 0 saturated heterocycles. The maximum atomic E-state index is 12.8. The number of hydrogen-bond acceptors (Lipinski definition) is 2. The Labute approximate surface area is 91.0 Å². The van der Waals surface area contributed by atoms with Crippen molar-refractivity contribution >= 4 is 25.8 Å². The van der Waals surface area contributed by atoms with Crippen LogP contribution in [0.3, 0.4) is 0 Å². The maximum absolute atomic E-state index is 12.8. The Bertz CT molecular complexity index is 480. The molecule has 1 aromatic rings. The molecule has 0 fully saturated rings. The van der Waals surface area contributed by atoms with E-state index in [1.807, 2.05) is 0 Å². The summed E-state index contributed by atoms with van der Waals surface area (Å²) < 4.78 is 70.4. The summed E-state index contributed by atoms with van der Waals surface area (Å²) >= 11 is 2.70. The van der Waals surface area contributed by atoms with Crippen LogP contribution in [0.25, 0.3) is 0 Å². The zero-order chi connectivity index (χ0) is 11.9. The van der Waals surface area contributed by atoms with Gasteiger partial charge in [0.2, 0.25) is 0 Å². The summed E-state index contributed by atoms with van der Waals surface area (Å²) in [6.07, 6.45) is 0. The quantitative estimate of drug-likeness (QED) is 0.748. The lowest BCUT2D eigenvalue weighted by molar-refractivity contribution is -0.0436. The predicted molar refractivity (Wildman–Crippen MR) is 47.3 cm³/mol. The SMILES string of the molecule is O=S(=O)(c1ccc(Br)c(F)c1)C(F)(F)F. The summed E-state index contributed by atoms with van der Waals surface area (Å²) in [7, 11) is -5.48. The van der Waals surface area contributed by atoms with Crippen LogP contribution in [0.2, 0.25) is 0 Å². The highest BCUT2D eigenvalue weighted by Gasteiger charge is 2.47. The van der Waals surface area contributed by atoms with E-state index in [2.05, 4.69) is 15.9 Å². The van der Waals surface area contributed by atoms with Crippen molar-refractivity contribution in [3.05, 3.63) is 28.5 Å². The molecule has 2 nitrogen and oxygen atoms in total. The van der Waals surface area contributed by atoms with E-state index in [0.29, 0.717) is 12.1 Å². The first-order valence-corrected chi connectivity index (χ1v) is 5.70. The second-order valence-electron chi connectivity index (χ2n) is 2.53. The summed E-state index contributed by atoms with van der Waals surface area (Å²) in [5, 5.41) is 0. The van der Waals surface area contributed by atoms with Crippen LogP contribution in [0.5, 0.6) is 0 Å². The summed E-state index contributed by atoms with van der Waals surface area (Å²) in [6, 6.07) is 1.89. The van der Waals surface area contributed by atoms with Crippen molar-refractivity contribution in [2.45, 2.75) is 10.4 Å². The molecule has 0 bridgehead atoms. The lowest BCUT2D eigenvalue weighted by atomic mass is 10.3. The van der Waals surface area contributed by atoms with Gasteiger partial charge in [-0.25, -0.2) is 12.8 Å². The van der Waals surface area contributed by atoms with E-state index in [1.165, 1.54) is 0 Å². The third kappa shape index (κ3) is 2.31. The van der Waals surface area contributed by atoms with E-state index < -0.39 is 26.1 Å². The highest BCUT2D eigenvalue weighted by molar-refractivity contribution is 9.10. The number of halogens is 5. The van der Waals surface area contributed by atoms with Crippen molar-refractivity contribution in [2.24, 2.45) is 0 Å². The Balaban J connectivity index is 3.36. The lowest BCUT2D eigenvalue weighted by Gasteiger charge is -2.07. The smallest absolute Gasteiger partial charge is 0.214 e. The number of rotatable bonds is 1. The van der Waals surface area contributed by atoms with Gasteiger partial charge in [-0.1, -0.05) is 0 Å². The van der Waals surface area contributed by atoms with Gasteiger partial charge in [-0.15, -0.1) is 0 Å². The molecule has 0 radical (unpaired) electrons. The molecule has 0 amide bonds. The van der Waals surface area contributed by atoms with E-state index in [0.717, 1.165) is 6.07 Å². The monoisotopic (exact) mass is 306 g/mol. The molecule has 0 aromatic heterocycles. The zero-order valence-electron chi connectivity index (χ0n) is 6.85. The van der Waals surface area contributed by atoms with Crippen LogP contribution in [0.1, 0.15) is 0 Å². The van der Waals surface area contributed by atoms with Crippen LogP contribution in [0, 0.1) is 5.82 Å². The Kier molecular flexibility index (Phi) is 3.11. The van der Waals surface area contributed by atoms with Crippen LogP contribution in [-0.2, 0) is 9.84 Å². The number of hydrogen-bond donors (Lipinski definition) is 0. The molecular formula is C7H3BrF4O2S. The summed E-state index contributed by atoms with van der Waals surface area (Å²) in [4.78, 5) is -1.12. The van der Waals surface area contributed by atoms with Crippen molar-refractivity contribution in [1.82, 2.24) is 0 Å². The molecule has 0 unspecified atom stereocenters. The number of alkyl halides is 3. The van der Waals surface area contributed by atoms with Crippen LogP contribution in [-0.4, -0.2) is 13.9 Å². The minimum absolute atomic E-state index is 0.108. The van der Waals surface area contributed by atoms with Crippen molar-refractivity contribution < 1.29 is 26.0 Å². The van der Waals surface area contributed by atoms with Crippen LogP contribution in [0.15, 0.2) is 27.6 Å². The van der Waals surface area contributed by atoms with Gasteiger partial charge in [-0.05, 0) is 34.1 Å². The Morgan fingerprint density at radius 2 is 1.73 bits per heavy atom. The van der Waals surface area contributed by atoms with E-state index in [-0.39, 0.29) is 4.47 Å². The normalized spacial score (nSPS) is 12.9. The fraction of sp³-hybridized carbons (Fsp3) is 0.143. The van der Waals surface area contributed by atoms with E-state index in [1.54, 1.807) is 0 Å². The van der Waals surface area contributed by atoms with Gasteiger partial charge in [0.15, 0.2) is 0 Å². The van der Waals surface area contributed by atoms with Gasteiger partial charge in [0.1, 0.15) is 5.82 Å². The zero-order valence-corrected chi connectivity index (χ0v) is 9.25. The second-order valence-corrected chi connectivity index (χ2v) is 5.32. The average Bonchev–Trinajstić information content (AvgIpc) is 2.07. The number of sulfone groups is 1. The highest BCUT2D eigenvalue weighted by atomic mass is 79.9. The van der Waals surface area contributed by atoms with Gasteiger partial charge in [0, 0.05) is 0 Å². The molecule has 1 aromatic carbocycles. The third-order valence-corrected chi connectivity index (χ3v) is 3.63. The average molecular weight is 307 g/mol. The Morgan fingerprint density at radius 3 is 2.13 bits per heavy atom. The molecule has 0 aliphatic carbocycles. The van der Waals surface area contributed by atoms with E-state index in [4.69, 9.17) is 0 Å². The maximum Gasteiger partial charge on any atom is 0.501 e. The van der Waals surface area contributed by atoms with Crippen molar-refractivity contribution in [1.29, 1.82) is 0 Å². The first kappa shape index (κ1) is 12.4. The standard InChI is InChI=1S/C7H3BrF4O2S/c8-5-2-1-4(3-6(5)9)15(13,14)7(10,11)12/h1-3H. The van der Waals surface area contributed by atoms with E-state index >= 15 is 0 Å². The fourth-order valence-corrected chi connectivity index (χ4v) is 1.80. The predicted octanol–water partition coefficient (Wildman–Crippen LogP) is 2.88. The second kappa shape index (κ2) is 3.75. The summed E-state index contributed by atoms with van der Waals surface area (Å²) in [6.45, 7) is 0. The molecule has 0 saturated carbocycles. The molecule has 0 aliphatic rings. The molecular weight excluding hydrogens is 304 g/mol. The summed E-state index contributed by atoms with van der Waals surface area (Å²) in [5.74, 6) is -1.07. The molecule has 84 valence electrons. The first-order valence-electron chi connectivity index (χ1n) is 3.42. The van der Waals surface area contributed by atoms with Crippen molar-refractivity contribution in [2.75, 3.05) is 0 Å². The van der Waals surface area contributed by atoms with Gasteiger partial charge >= 0.3 is 5.51 Å². The van der Waals surface area contributed by atoms with Crippen LogP contribution < -0.4 is 0 Å². The van der Waals surface area contributed by atoms with Crippen LogP contribution >= 0.6 is 15.9 Å². The van der Waals surface area contributed by atoms with E-state index in [9.17, 15) is 26.0 Å². The number of benzene rings is 1. The molecule has 0 spiro atoms. The fourth-order valence-electron chi connectivity index (χ4n) is 0.778. The molecule has 0 aliphatic heterocycles. The summed E-state index contributed by atoms with van der Waals surface area (Å²) in [5.41, 5.74) is -5.42. The molecule has 8 heteroatoms. The van der Waals surface area contributed by atoms with Crippen LogP contribution in [0.4, 0.5) is 17.6 Å². The molecule has 0 N–H and O–H groups in total. The molecule has 0 heterocycles.